The molecule has 0 atom stereocenters. The number of amides is 1. The van der Waals surface area contributed by atoms with Crippen LogP contribution in [0.25, 0.3) is 22.6 Å². The maximum absolute atomic E-state index is 14.9. The molecule has 3 aromatic heterocycles. The number of halogens is 1. The van der Waals surface area contributed by atoms with Crippen LogP contribution < -0.4 is 10.1 Å². The molecule has 8 nitrogen and oxygen atoms in total. The molecule has 0 fully saturated rings. The molecule has 0 unspecified atom stereocenters. The molecular weight excluding hydrogens is 411 g/mol. The first kappa shape index (κ1) is 19.9. The molecule has 5 rings (SSSR count). The largest absolute Gasteiger partial charge is 0.493 e. The minimum Gasteiger partial charge on any atom is -0.493 e. The fraction of sp³-hybridized carbons (Fsp3) is 0.217. The first-order valence-corrected chi connectivity index (χ1v) is 10.3. The number of hydrogen-bond donors (Lipinski definition) is 1. The number of benzene rings is 1. The lowest BCUT2D eigenvalue weighted by Crippen LogP contribution is -2.16. The number of nitrogens with zero attached hydrogens (tertiary/aromatic N) is 5. The van der Waals surface area contributed by atoms with Gasteiger partial charge in [0.1, 0.15) is 23.1 Å². The number of imidazole rings is 1. The van der Waals surface area contributed by atoms with Crippen molar-refractivity contribution in [3.8, 4) is 28.4 Å². The number of aryl methyl sites for hydroxylation is 2. The van der Waals surface area contributed by atoms with E-state index in [0.29, 0.717) is 23.7 Å². The van der Waals surface area contributed by atoms with Crippen LogP contribution in [0.4, 0.5) is 10.2 Å². The number of carbonyl (C=O) groups excluding carboxylic acids is 1. The Bertz CT molecular complexity index is 1300. The molecule has 9 heteroatoms. The van der Waals surface area contributed by atoms with Crippen molar-refractivity contribution in [1.82, 2.24) is 24.3 Å². The van der Waals surface area contributed by atoms with Crippen LogP contribution >= 0.6 is 0 Å². The lowest BCUT2D eigenvalue weighted by Gasteiger charge is -2.15. The highest BCUT2D eigenvalue weighted by molar-refractivity contribution is 6.06. The molecule has 0 spiro atoms. The average molecular weight is 432 g/mol. The van der Waals surface area contributed by atoms with E-state index in [1.807, 2.05) is 22.9 Å². The maximum Gasteiger partial charge on any atom is 0.260 e. The van der Waals surface area contributed by atoms with Crippen LogP contribution in [0.3, 0.4) is 0 Å². The number of fused-ring (bicyclic) bond motifs is 5. The monoisotopic (exact) mass is 432 g/mol. The number of hydrogen-bond acceptors (Lipinski definition) is 5. The van der Waals surface area contributed by atoms with Gasteiger partial charge in [-0.25, -0.2) is 14.4 Å². The third kappa shape index (κ3) is 3.84. The number of pyridine rings is 1. The second-order valence-electron chi connectivity index (χ2n) is 7.59. The number of rotatable bonds is 1. The summed E-state index contributed by atoms with van der Waals surface area (Å²) >= 11 is 0. The molecule has 1 aromatic carbocycles. The van der Waals surface area contributed by atoms with E-state index in [4.69, 9.17) is 4.74 Å². The Hall–Kier alpha value is -4.01. The van der Waals surface area contributed by atoms with Crippen molar-refractivity contribution in [2.24, 2.45) is 7.05 Å². The van der Waals surface area contributed by atoms with Crippen LogP contribution in [0.2, 0.25) is 0 Å². The highest BCUT2D eigenvalue weighted by Gasteiger charge is 2.20. The van der Waals surface area contributed by atoms with Crippen molar-refractivity contribution < 1.29 is 13.9 Å². The van der Waals surface area contributed by atoms with Gasteiger partial charge >= 0.3 is 0 Å². The summed E-state index contributed by atoms with van der Waals surface area (Å²) in [6.45, 7) is 1.11. The molecule has 0 saturated carbocycles. The van der Waals surface area contributed by atoms with Crippen LogP contribution in [-0.4, -0.2) is 36.8 Å². The fourth-order valence-electron chi connectivity index (χ4n) is 3.74. The lowest BCUT2D eigenvalue weighted by molar-refractivity contribution is 0.102. The highest BCUT2D eigenvalue weighted by atomic mass is 19.1. The van der Waals surface area contributed by atoms with Crippen LogP contribution in [0.5, 0.6) is 5.75 Å². The van der Waals surface area contributed by atoms with Gasteiger partial charge in [0.25, 0.3) is 5.91 Å². The van der Waals surface area contributed by atoms with Gasteiger partial charge in [0.2, 0.25) is 0 Å². The summed E-state index contributed by atoms with van der Waals surface area (Å²) in [6, 6.07) is 8.13. The molecule has 32 heavy (non-hydrogen) atoms. The van der Waals surface area contributed by atoms with Gasteiger partial charge in [0.05, 0.1) is 18.4 Å². The SMILES string of the molecule is Cn1cc(-c2cc3c(cc2F)OCCCCn2ccnc2-c2cccc(n2)NC3=O)cn1. The summed E-state index contributed by atoms with van der Waals surface area (Å²) in [6.07, 6.45) is 8.45. The molecule has 0 saturated heterocycles. The van der Waals surface area contributed by atoms with Crippen molar-refractivity contribution >= 4 is 11.7 Å². The zero-order valence-corrected chi connectivity index (χ0v) is 17.5. The van der Waals surface area contributed by atoms with E-state index in [1.165, 1.54) is 12.1 Å². The van der Waals surface area contributed by atoms with Gasteiger partial charge in [-0.15, -0.1) is 0 Å². The van der Waals surface area contributed by atoms with Crippen molar-refractivity contribution in [3.63, 3.8) is 0 Å². The Kier molecular flexibility index (Phi) is 5.14. The Morgan fingerprint density at radius 1 is 1.19 bits per heavy atom. The summed E-state index contributed by atoms with van der Waals surface area (Å²) in [7, 11) is 1.75. The number of nitrogens with one attached hydrogen (secondary N) is 1. The van der Waals surface area contributed by atoms with Crippen LogP contribution in [0.1, 0.15) is 23.2 Å². The van der Waals surface area contributed by atoms with Gasteiger partial charge in [0, 0.05) is 49.4 Å². The van der Waals surface area contributed by atoms with Crippen LogP contribution in [0, 0.1) is 5.82 Å². The second-order valence-corrected chi connectivity index (χ2v) is 7.59. The van der Waals surface area contributed by atoms with Crippen molar-refractivity contribution in [2.75, 3.05) is 11.9 Å². The van der Waals surface area contributed by atoms with Crippen molar-refractivity contribution in [3.05, 3.63) is 66.5 Å². The highest BCUT2D eigenvalue weighted by Crippen LogP contribution is 2.31. The Morgan fingerprint density at radius 2 is 2.09 bits per heavy atom. The van der Waals surface area contributed by atoms with E-state index >= 15 is 0 Å². The molecule has 1 aliphatic rings. The van der Waals surface area contributed by atoms with Gasteiger partial charge in [0.15, 0.2) is 5.82 Å². The standard InChI is InChI=1S/C23H21FN6O2/c1-29-14-15(13-26-29)16-11-17-20(12-18(16)24)32-10-3-2-8-30-9-7-25-22(30)19-5-4-6-21(27-19)28-23(17)31/h4-7,9,11-14H,2-3,8,10H2,1H3,(H,27,28,31). The van der Waals surface area contributed by atoms with E-state index in [-0.39, 0.29) is 16.9 Å². The van der Waals surface area contributed by atoms with E-state index in [9.17, 15) is 9.18 Å². The predicted octanol–water partition coefficient (Wildman–Crippen LogP) is 3.91. The maximum atomic E-state index is 14.9. The summed E-state index contributed by atoms with van der Waals surface area (Å²) in [5.74, 6) is 0.394. The molecule has 162 valence electrons. The summed E-state index contributed by atoms with van der Waals surface area (Å²) in [5.41, 5.74) is 1.75. The zero-order valence-electron chi connectivity index (χ0n) is 17.5. The van der Waals surface area contributed by atoms with Crippen molar-refractivity contribution in [2.45, 2.75) is 19.4 Å². The molecule has 1 N–H and O–H groups in total. The second kappa shape index (κ2) is 8.26. The normalized spacial score (nSPS) is 14.0. The van der Waals surface area contributed by atoms with E-state index < -0.39 is 11.7 Å². The minimum atomic E-state index is -0.478. The predicted molar refractivity (Wildman–Crippen MR) is 117 cm³/mol. The number of ether oxygens (including phenoxy) is 1. The summed E-state index contributed by atoms with van der Waals surface area (Å²) < 4.78 is 24.4. The molecule has 0 radical (unpaired) electrons. The summed E-state index contributed by atoms with van der Waals surface area (Å²) in [5, 5.41) is 6.91. The van der Waals surface area contributed by atoms with Gasteiger partial charge in [-0.2, -0.15) is 5.10 Å². The third-order valence-corrected chi connectivity index (χ3v) is 5.32. The smallest absolute Gasteiger partial charge is 0.260 e. The van der Waals surface area contributed by atoms with Crippen LogP contribution in [-0.2, 0) is 13.6 Å². The summed E-state index contributed by atoms with van der Waals surface area (Å²) in [4.78, 5) is 22.2. The third-order valence-electron chi connectivity index (χ3n) is 5.32. The quantitative estimate of drug-likeness (QED) is 0.493. The van der Waals surface area contributed by atoms with E-state index in [2.05, 4.69) is 20.4 Å². The zero-order chi connectivity index (χ0) is 22.1. The van der Waals surface area contributed by atoms with Gasteiger partial charge < -0.3 is 14.6 Å². The first-order valence-electron chi connectivity index (χ1n) is 10.3. The van der Waals surface area contributed by atoms with Crippen LogP contribution in [0.15, 0.2) is 55.1 Å². The molecule has 0 aliphatic carbocycles. The van der Waals surface area contributed by atoms with E-state index in [1.54, 1.807) is 36.4 Å². The van der Waals surface area contributed by atoms with Gasteiger partial charge in [-0.1, -0.05) is 6.07 Å². The molecule has 4 aromatic rings. The molecule has 2 bridgehead atoms. The minimum absolute atomic E-state index is 0.198. The Labute approximate surface area is 183 Å². The average Bonchev–Trinajstić information content (AvgIpc) is 3.42. The molecule has 1 aliphatic heterocycles. The topological polar surface area (TPSA) is 86.9 Å². The first-order chi connectivity index (χ1) is 15.6. The van der Waals surface area contributed by atoms with Gasteiger partial charge in [-0.3, -0.25) is 9.48 Å². The van der Waals surface area contributed by atoms with E-state index in [0.717, 1.165) is 25.2 Å². The number of aromatic nitrogens is 5. The van der Waals surface area contributed by atoms with Crippen molar-refractivity contribution in [1.29, 1.82) is 0 Å². The molecule has 1 amide bonds. The molecular formula is C23H21FN6O2. The molecule has 4 heterocycles. The lowest BCUT2D eigenvalue weighted by atomic mass is 10.0. The fourth-order valence-corrected chi connectivity index (χ4v) is 3.74. The van der Waals surface area contributed by atoms with Gasteiger partial charge in [-0.05, 0) is 31.0 Å². The number of anilines is 1. The Balaban J connectivity index is 1.57. The Morgan fingerprint density at radius 3 is 2.94 bits per heavy atom. The number of carbonyl (C=O) groups is 1.